The number of rotatable bonds is 1. The summed E-state index contributed by atoms with van der Waals surface area (Å²) in [5.74, 6) is 0.305. The smallest absolute Gasteiger partial charge is 0.165 e. The van der Waals surface area contributed by atoms with Gasteiger partial charge in [0, 0.05) is 44.2 Å². The van der Waals surface area contributed by atoms with E-state index in [0.717, 1.165) is 31.7 Å². The molecule has 1 aliphatic carbocycles. The third kappa shape index (κ3) is 1.56. The number of carbonyl (C=O) groups is 1. The van der Waals surface area contributed by atoms with Crippen LogP contribution in [0, 0.1) is 0 Å². The Morgan fingerprint density at radius 2 is 1.94 bits per heavy atom. The minimum Gasteiger partial charge on any atom is -0.314 e. The van der Waals surface area contributed by atoms with Gasteiger partial charge in [-0.15, -0.1) is 0 Å². The molecule has 3 rings (SSSR count). The number of benzene rings is 1. The van der Waals surface area contributed by atoms with Gasteiger partial charge in [0.15, 0.2) is 5.78 Å². The molecule has 1 aliphatic heterocycles. The molecule has 0 radical (unpaired) electrons. The summed E-state index contributed by atoms with van der Waals surface area (Å²) in [4.78, 5) is 14.3. The predicted molar refractivity (Wildman–Crippen MR) is 62.6 cm³/mol. The van der Waals surface area contributed by atoms with Crippen molar-refractivity contribution >= 4 is 5.78 Å². The first-order chi connectivity index (χ1) is 7.86. The van der Waals surface area contributed by atoms with E-state index in [1.54, 1.807) is 0 Å². The van der Waals surface area contributed by atoms with Crippen LogP contribution in [0.25, 0.3) is 0 Å². The van der Waals surface area contributed by atoms with Gasteiger partial charge < -0.3 is 5.32 Å². The number of hydrogen-bond acceptors (Lipinski definition) is 3. The highest BCUT2D eigenvalue weighted by Crippen LogP contribution is 2.35. The number of ketones is 1. The molecule has 1 saturated heterocycles. The van der Waals surface area contributed by atoms with Gasteiger partial charge in [0.05, 0.1) is 0 Å². The maximum absolute atomic E-state index is 11.9. The molecule has 1 aromatic carbocycles. The van der Waals surface area contributed by atoms with Crippen LogP contribution in [-0.4, -0.2) is 36.9 Å². The van der Waals surface area contributed by atoms with Gasteiger partial charge in [-0.1, -0.05) is 24.3 Å². The third-order valence-corrected chi connectivity index (χ3v) is 3.59. The van der Waals surface area contributed by atoms with Gasteiger partial charge in [-0.2, -0.15) is 0 Å². The highest BCUT2D eigenvalue weighted by molar-refractivity contribution is 6.01. The van der Waals surface area contributed by atoms with Gasteiger partial charge in [0.2, 0.25) is 0 Å². The highest BCUT2D eigenvalue weighted by Gasteiger charge is 2.33. The molecular formula is C13H16N2O. The number of carbonyl (C=O) groups excluding carboxylic acids is 1. The second-order valence-corrected chi connectivity index (χ2v) is 4.52. The van der Waals surface area contributed by atoms with Gasteiger partial charge in [-0.3, -0.25) is 9.69 Å². The Hall–Kier alpha value is -1.19. The molecule has 0 bridgehead atoms. The fourth-order valence-corrected chi connectivity index (χ4v) is 2.76. The van der Waals surface area contributed by atoms with E-state index in [1.807, 2.05) is 18.2 Å². The van der Waals surface area contributed by atoms with Crippen LogP contribution in [-0.2, 0) is 0 Å². The molecule has 0 amide bonds. The van der Waals surface area contributed by atoms with Crippen LogP contribution in [0.5, 0.6) is 0 Å². The van der Waals surface area contributed by atoms with E-state index >= 15 is 0 Å². The fourth-order valence-electron chi connectivity index (χ4n) is 2.76. The average molecular weight is 216 g/mol. The number of nitrogens with zero attached hydrogens (tertiary/aromatic N) is 1. The Kier molecular flexibility index (Phi) is 2.50. The van der Waals surface area contributed by atoms with Crippen LogP contribution >= 0.6 is 0 Å². The molecule has 0 spiro atoms. The Bertz CT molecular complexity index is 410. The summed E-state index contributed by atoms with van der Waals surface area (Å²) in [5.41, 5.74) is 2.17. The zero-order chi connectivity index (χ0) is 11.0. The summed E-state index contributed by atoms with van der Waals surface area (Å²) < 4.78 is 0. The van der Waals surface area contributed by atoms with Crippen molar-refractivity contribution in [3.05, 3.63) is 35.4 Å². The minimum atomic E-state index is 0.305. The molecule has 84 valence electrons. The Morgan fingerprint density at radius 3 is 2.75 bits per heavy atom. The monoisotopic (exact) mass is 216 g/mol. The van der Waals surface area contributed by atoms with Crippen molar-refractivity contribution < 1.29 is 4.79 Å². The topological polar surface area (TPSA) is 32.3 Å². The van der Waals surface area contributed by atoms with Crippen molar-refractivity contribution in [2.45, 2.75) is 12.5 Å². The molecular weight excluding hydrogens is 200 g/mol. The van der Waals surface area contributed by atoms with Crippen molar-refractivity contribution in [1.82, 2.24) is 10.2 Å². The summed E-state index contributed by atoms with van der Waals surface area (Å²) in [6, 6.07) is 8.38. The average Bonchev–Trinajstić information content (AvgIpc) is 2.69. The lowest BCUT2D eigenvalue weighted by molar-refractivity contribution is 0.0944. The lowest BCUT2D eigenvalue weighted by Crippen LogP contribution is -2.44. The second-order valence-electron chi connectivity index (χ2n) is 4.52. The first kappa shape index (κ1) is 10.00. The minimum absolute atomic E-state index is 0.305. The van der Waals surface area contributed by atoms with Crippen LogP contribution in [0.1, 0.15) is 28.4 Å². The molecule has 2 aliphatic rings. The Labute approximate surface area is 95.4 Å². The molecule has 1 fully saturated rings. The molecule has 3 nitrogen and oxygen atoms in total. The van der Waals surface area contributed by atoms with Gasteiger partial charge in [0.1, 0.15) is 0 Å². The van der Waals surface area contributed by atoms with Gasteiger partial charge in [-0.05, 0) is 5.56 Å². The van der Waals surface area contributed by atoms with E-state index in [-0.39, 0.29) is 0 Å². The SMILES string of the molecule is O=C1CC(N2CCNCC2)c2ccccc21. The van der Waals surface area contributed by atoms with Gasteiger partial charge >= 0.3 is 0 Å². The first-order valence-electron chi connectivity index (χ1n) is 5.93. The summed E-state index contributed by atoms with van der Waals surface area (Å²) in [5, 5.41) is 3.35. The molecule has 3 heteroatoms. The van der Waals surface area contributed by atoms with Crippen LogP contribution in [0.3, 0.4) is 0 Å². The van der Waals surface area contributed by atoms with Crippen molar-refractivity contribution in [2.24, 2.45) is 0 Å². The molecule has 1 heterocycles. The van der Waals surface area contributed by atoms with E-state index in [9.17, 15) is 4.79 Å². The molecule has 1 atom stereocenters. The fraction of sp³-hybridized carbons (Fsp3) is 0.462. The maximum atomic E-state index is 11.9. The predicted octanol–water partition coefficient (Wildman–Crippen LogP) is 1.22. The summed E-state index contributed by atoms with van der Waals surface area (Å²) in [6.07, 6.45) is 0.666. The maximum Gasteiger partial charge on any atom is 0.165 e. The number of nitrogens with one attached hydrogen (secondary N) is 1. The first-order valence-corrected chi connectivity index (χ1v) is 5.93. The molecule has 1 aromatic rings. The van der Waals surface area contributed by atoms with E-state index < -0.39 is 0 Å². The van der Waals surface area contributed by atoms with Crippen LogP contribution in [0.15, 0.2) is 24.3 Å². The Balaban J connectivity index is 1.90. The number of fused-ring (bicyclic) bond motifs is 1. The summed E-state index contributed by atoms with van der Waals surface area (Å²) in [7, 11) is 0. The van der Waals surface area contributed by atoms with Crippen LogP contribution in [0.4, 0.5) is 0 Å². The lowest BCUT2D eigenvalue weighted by Gasteiger charge is -2.32. The molecule has 0 aromatic heterocycles. The number of hydrogen-bond donors (Lipinski definition) is 1. The second kappa shape index (κ2) is 4.00. The Morgan fingerprint density at radius 1 is 1.19 bits per heavy atom. The molecule has 1 N–H and O–H groups in total. The highest BCUT2D eigenvalue weighted by atomic mass is 16.1. The van der Waals surface area contributed by atoms with Gasteiger partial charge in [-0.25, -0.2) is 0 Å². The van der Waals surface area contributed by atoms with Crippen molar-refractivity contribution in [3.8, 4) is 0 Å². The van der Waals surface area contributed by atoms with Crippen molar-refractivity contribution in [3.63, 3.8) is 0 Å². The zero-order valence-corrected chi connectivity index (χ0v) is 9.28. The van der Waals surface area contributed by atoms with Crippen molar-refractivity contribution in [1.29, 1.82) is 0 Å². The van der Waals surface area contributed by atoms with E-state index in [0.29, 0.717) is 18.2 Å². The third-order valence-electron chi connectivity index (χ3n) is 3.59. The van der Waals surface area contributed by atoms with Crippen LogP contribution in [0.2, 0.25) is 0 Å². The normalized spacial score (nSPS) is 25.8. The standard InChI is InChI=1S/C13H16N2O/c16-13-9-12(15-7-5-14-6-8-15)10-3-1-2-4-11(10)13/h1-4,12,14H,5-9H2. The summed E-state index contributed by atoms with van der Waals surface area (Å²) >= 11 is 0. The largest absolute Gasteiger partial charge is 0.314 e. The summed E-state index contributed by atoms with van der Waals surface area (Å²) in [6.45, 7) is 4.16. The van der Waals surface area contributed by atoms with E-state index in [1.165, 1.54) is 5.56 Å². The van der Waals surface area contributed by atoms with E-state index in [4.69, 9.17) is 0 Å². The zero-order valence-electron chi connectivity index (χ0n) is 9.28. The quantitative estimate of drug-likeness (QED) is 0.766. The number of Topliss-reactive ketones (excluding diaryl/α,β-unsaturated/α-hetero) is 1. The van der Waals surface area contributed by atoms with Crippen LogP contribution < -0.4 is 5.32 Å². The van der Waals surface area contributed by atoms with Crippen molar-refractivity contribution in [2.75, 3.05) is 26.2 Å². The van der Waals surface area contributed by atoms with E-state index in [2.05, 4.69) is 16.3 Å². The molecule has 16 heavy (non-hydrogen) atoms. The molecule has 0 saturated carbocycles. The lowest BCUT2D eigenvalue weighted by atomic mass is 10.1. The van der Waals surface area contributed by atoms with Gasteiger partial charge in [0.25, 0.3) is 0 Å². The molecule has 1 unspecified atom stereocenters. The number of piperazine rings is 1.